The second kappa shape index (κ2) is 14.3. The molecule has 0 bridgehead atoms. The van der Waals surface area contributed by atoms with Crippen LogP contribution < -0.4 is 14.2 Å². The van der Waals surface area contributed by atoms with Crippen molar-refractivity contribution in [1.29, 1.82) is 0 Å². The van der Waals surface area contributed by atoms with E-state index in [1.807, 2.05) is 6.07 Å². The summed E-state index contributed by atoms with van der Waals surface area (Å²) in [7, 11) is -1.12. The summed E-state index contributed by atoms with van der Waals surface area (Å²) in [5.74, 6) is 1.17. The molecule has 1 aliphatic carbocycles. The molecule has 0 saturated heterocycles. The van der Waals surface area contributed by atoms with Crippen LogP contribution in [-0.4, -0.2) is 43.7 Å². The summed E-state index contributed by atoms with van der Waals surface area (Å²) in [6.45, 7) is 0.181. The lowest BCUT2D eigenvalue weighted by Gasteiger charge is -2.26. The molecule has 0 N–H and O–H groups in total. The van der Waals surface area contributed by atoms with Gasteiger partial charge in [0.2, 0.25) is 10.0 Å². The first kappa shape index (κ1) is 32.9. The molecule has 1 aliphatic rings. The largest absolute Gasteiger partial charge is 0.497 e. The lowest BCUT2D eigenvalue weighted by Crippen LogP contribution is -2.30. The zero-order valence-corrected chi connectivity index (χ0v) is 26.9. The fraction of sp³-hybridized carbons (Fsp3) is 0.265. The van der Waals surface area contributed by atoms with E-state index in [2.05, 4.69) is 0 Å². The van der Waals surface area contributed by atoms with Gasteiger partial charge in [-0.3, -0.25) is 14.9 Å². The molecule has 0 aliphatic heterocycles. The van der Waals surface area contributed by atoms with Gasteiger partial charge >= 0.3 is 5.69 Å². The van der Waals surface area contributed by atoms with Gasteiger partial charge in [-0.25, -0.2) is 8.42 Å². The van der Waals surface area contributed by atoms with Gasteiger partial charge in [-0.2, -0.15) is 4.31 Å². The number of benzene rings is 4. The van der Waals surface area contributed by atoms with E-state index in [1.165, 1.54) is 16.4 Å². The van der Waals surface area contributed by atoms with Gasteiger partial charge in [-0.05, 0) is 102 Å². The SMILES string of the molecule is COc1ccc(CN(Cc2ccc(OC)cc2)S(=O)(=O)c2ccc(OC[C@@H]3CCCc4cc(C(=O)Cl)ccc43)c([N+](=O)[O-])c2)cc1. The van der Waals surface area contributed by atoms with E-state index in [-0.39, 0.29) is 36.3 Å². The zero-order chi connectivity index (χ0) is 32.8. The highest BCUT2D eigenvalue weighted by molar-refractivity contribution is 7.89. The molecule has 0 saturated carbocycles. The number of methoxy groups -OCH3 is 2. The van der Waals surface area contributed by atoms with Crippen molar-refractivity contribution < 1.29 is 32.3 Å². The van der Waals surface area contributed by atoms with Gasteiger partial charge in [0.05, 0.1) is 30.6 Å². The van der Waals surface area contributed by atoms with Gasteiger partial charge in [-0.15, -0.1) is 0 Å². The highest BCUT2D eigenvalue weighted by Crippen LogP contribution is 2.36. The van der Waals surface area contributed by atoms with Crippen molar-refractivity contribution in [2.24, 2.45) is 0 Å². The minimum atomic E-state index is -4.22. The summed E-state index contributed by atoms with van der Waals surface area (Å²) >= 11 is 5.66. The highest BCUT2D eigenvalue weighted by Gasteiger charge is 2.30. The molecule has 0 heterocycles. The van der Waals surface area contributed by atoms with Crippen molar-refractivity contribution in [3.63, 3.8) is 0 Å². The zero-order valence-electron chi connectivity index (χ0n) is 25.3. The molecule has 46 heavy (non-hydrogen) atoms. The third-order valence-corrected chi connectivity index (χ3v) is 10.1. The summed E-state index contributed by atoms with van der Waals surface area (Å²) in [6, 6.07) is 23.1. The van der Waals surface area contributed by atoms with Gasteiger partial charge in [0, 0.05) is 30.6 Å². The highest BCUT2D eigenvalue weighted by atomic mass is 35.5. The van der Waals surface area contributed by atoms with Gasteiger partial charge in [0.25, 0.3) is 5.24 Å². The van der Waals surface area contributed by atoms with E-state index in [0.29, 0.717) is 28.2 Å². The number of nitrogens with zero attached hydrogens (tertiary/aromatic N) is 2. The average molecular weight is 665 g/mol. The summed E-state index contributed by atoms with van der Waals surface area (Å²) in [6.07, 6.45) is 2.45. The molecule has 5 rings (SSSR count). The lowest BCUT2D eigenvalue weighted by atomic mass is 9.82. The van der Waals surface area contributed by atoms with Crippen LogP contribution >= 0.6 is 11.6 Å². The van der Waals surface area contributed by atoms with Gasteiger partial charge in [0.15, 0.2) is 5.75 Å². The first-order valence-corrected chi connectivity index (χ1v) is 16.4. The molecule has 4 aromatic rings. The Balaban J connectivity index is 1.41. The lowest BCUT2D eigenvalue weighted by molar-refractivity contribution is -0.386. The van der Waals surface area contributed by atoms with E-state index >= 15 is 0 Å². The van der Waals surface area contributed by atoms with Crippen molar-refractivity contribution in [3.8, 4) is 17.2 Å². The quantitative estimate of drug-likeness (QED) is 0.0860. The van der Waals surface area contributed by atoms with E-state index in [9.17, 15) is 23.3 Å². The number of fused-ring (bicyclic) bond motifs is 1. The van der Waals surface area contributed by atoms with Gasteiger partial charge < -0.3 is 14.2 Å². The van der Waals surface area contributed by atoms with E-state index < -0.39 is 25.9 Å². The minimum Gasteiger partial charge on any atom is -0.497 e. The van der Waals surface area contributed by atoms with Crippen molar-refractivity contribution in [2.45, 2.75) is 43.2 Å². The summed E-state index contributed by atoms with van der Waals surface area (Å²) in [4.78, 5) is 22.9. The molecule has 0 unspecified atom stereocenters. The minimum absolute atomic E-state index is 0.0164. The fourth-order valence-corrected chi connectivity index (χ4v) is 7.12. The molecule has 12 heteroatoms. The van der Waals surface area contributed by atoms with E-state index in [1.54, 1.807) is 74.9 Å². The third kappa shape index (κ3) is 7.50. The Labute approximate surface area is 272 Å². The number of halogens is 1. The number of nitro groups is 1. The monoisotopic (exact) mass is 664 g/mol. The normalized spacial score (nSPS) is 14.4. The Bertz CT molecular complexity index is 1780. The molecular weight excluding hydrogens is 632 g/mol. The van der Waals surface area contributed by atoms with Crippen molar-refractivity contribution in [1.82, 2.24) is 4.31 Å². The van der Waals surface area contributed by atoms with Crippen LogP contribution in [0.3, 0.4) is 0 Å². The number of carbonyl (C=O) groups excluding carboxylic acids is 1. The molecule has 0 spiro atoms. The maximum atomic E-state index is 14.1. The average Bonchev–Trinajstić information content (AvgIpc) is 3.07. The number of hydrogen-bond donors (Lipinski definition) is 0. The summed E-state index contributed by atoms with van der Waals surface area (Å²) in [5.41, 5.74) is 3.39. The fourth-order valence-electron chi connectivity index (χ4n) is 5.57. The number of rotatable bonds is 13. The van der Waals surface area contributed by atoms with Crippen LogP contribution in [-0.2, 0) is 29.5 Å². The molecule has 0 fully saturated rings. The van der Waals surface area contributed by atoms with Crippen LogP contribution in [0.5, 0.6) is 17.2 Å². The predicted octanol–water partition coefficient (Wildman–Crippen LogP) is 6.88. The van der Waals surface area contributed by atoms with Crippen LogP contribution in [0.4, 0.5) is 5.69 Å². The first-order chi connectivity index (χ1) is 22.1. The van der Waals surface area contributed by atoms with Crippen LogP contribution in [0, 0.1) is 10.1 Å². The second-order valence-corrected chi connectivity index (χ2v) is 13.2. The Morgan fingerprint density at radius 1 is 0.913 bits per heavy atom. The summed E-state index contributed by atoms with van der Waals surface area (Å²) in [5, 5.41) is 11.6. The molecule has 0 amide bonds. The van der Waals surface area contributed by atoms with Crippen LogP contribution in [0.1, 0.15) is 51.4 Å². The Kier molecular flexibility index (Phi) is 10.3. The Hall–Kier alpha value is -4.45. The van der Waals surface area contributed by atoms with Crippen LogP contribution in [0.25, 0.3) is 0 Å². The molecule has 4 aromatic carbocycles. The molecular formula is C34H33ClN2O8S. The number of ether oxygens (including phenoxy) is 3. The molecule has 1 atom stereocenters. The maximum absolute atomic E-state index is 14.1. The van der Waals surface area contributed by atoms with E-state index in [4.69, 9.17) is 25.8 Å². The third-order valence-electron chi connectivity index (χ3n) is 8.05. The van der Waals surface area contributed by atoms with Crippen LogP contribution in [0.15, 0.2) is 89.8 Å². The Morgan fingerprint density at radius 3 is 2.07 bits per heavy atom. The second-order valence-electron chi connectivity index (χ2n) is 10.9. The van der Waals surface area contributed by atoms with Gasteiger partial charge in [-0.1, -0.05) is 30.3 Å². The smallest absolute Gasteiger partial charge is 0.312 e. The standard InChI is InChI=1S/C34H33ClN2O8S/c1-43-28-11-6-23(7-12-28)20-36(21-24-8-13-29(44-2)14-9-24)46(41,42)30-15-17-33(32(19-30)37(39)40)45-22-27-5-3-4-25-18-26(34(35)38)10-16-31(25)27/h6-19,27H,3-5,20-22H2,1-2H3/t27-/m0/s1. The molecule has 240 valence electrons. The van der Waals surface area contributed by atoms with Crippen LogP contribution in [0.2, 0.25) is 0 Å². The first-order valence-electron chi connectivity index (χ1n) is 14.6. The van der Waals surface area contributed by atoms with Crippen molar-refractivity contribution >= 4 is 32.6 Å². The number of carbonyl (C=O) groups is 1. The predicted molar refractivity (Wildman–Crippen MR) is 173 cm³/mol. The summed E-state index contributed by atoms with van der Waals surface area (Å²) < 4.78 is 45.8. The number of aryl methyl sites for hydroxylation is 1. The van der Waals surface area contributed by atoms with Gasteiger partial charge in [0.1, 0.15) is 11.5 Å². The van der Waals surface area contributed by atoms with E-state index in [0.717, 1.165) is 36.5 Å². The molecule has 0 radical (unpaired) electrons. The molecule has 0 aromatic heterocycles. The van der Waals surface area contributed by atoms with Crippen molar-refractivity contribution in [2.75, 3.05) is 20.8 Å². The number of sulfonamides is 1. The number of nitro benzene ring substituents is 1. The van der Waals surface area contributed by atoms with Crippen molar-refractivity contribution in [3.05, 3.63) is 123 Å². The maximum Gasteiger partial charge on any atom is 0.312 e. The Morgan fingerprint density at radius 2 is 1.52 bits per heavy atom. The molecule has 10 nitrogen and oxygen atoms in total. The topological polar surface area (TPSA) is 125 Å². The number of hydrogen-bond acceptors (Lipinski definition) is 8.